The molecule has 3 aromatic rings. The molecule has 1 aromatic carbocycles. The van der Waals surface area contributed by atoms with Crippen LogP contribution in [0, 0.1) is 6.92 Å². The van der Waals surface area contributed by atoms with E-state index in [1.165, 1.54) is 5.56 Å². The summed E-state index contributed by atoms with van der Waals surface area (Å²) >= 11 is 1.63. The highest BCUT2D eigenvalue weighted by Gasteiger charge is 2.14. The van der Waals surface area contributed by atoms with Crippen LogP contribution in [0.25, 0.3) is 10.6 Å². The standard InChI is InChI=1S/C17H17N3OS/c1-12-6-3-4-7-13(12)11-18-17(21)14-10-15(20(2)19-14)16-8-5-9-22-16/h3-10H,11H2,1-2H3,(H,18,21). The first-order valence-electron chi connectivity index (χ1n) is 7.06. The van der Waals surface area contributed by atoms with Gasteiger partial charge in [0.05, 0.1) is 10.6 Å². The van der Waals surface area contributed by atoms with Gasteiger partial charge in [0.1, 0.15) is 0 Å². The Labute approximate surface area is 133 Å². The first-order valence-corrected chi connectivity index (χ1v) is 7.94. The number of amides is 1. The fraction of sp³-hybridized carbons (Fsp3) is 0.176. The number of hydrogen-bond donors (Lipinski definition) is 1. The lowest BCUT2D eigenvalue weighted by Gasteiger charge is -2.06. The van der Waals surface area contributed by atoms with Gasteiger partial charge in [0.25, 0.3) is 5.91 Å². The molecule has 0 spiro atoms. The maximum absolute atomic E-state index is 12.3. The molecule has 112 valence electrons. The smallest absolute Gasteiger partial charge is 0.272 e. The van der Waals surface area contributed by atoms with Crippen molar-refractivity contribution in [3.63, 3.8) is 0 Å². The van der Waals surface area contributed by atoms with Gasteiger partial charge in [0.2, 0.25) is 0 Å². The predicted molar refractivity (Wildman–Crippen MR) is 88.9 cm³/mol. The monoisotopic (exact) mass is 311 g/mol. The van der Waals surface area contributed by atoms with E-state index < -0.39 is 0 Å². The van der Waals surface area contributed by atoms with E-state index in [1.54, 1.807) is 16.0 Å². The number of benzene rings is 1. The van der Waals surface area contributed by atoms with Crippen molar-refractivity contribution < 1.29 is 4.79 Å². The Balaban J connectivity index is 1.73. The molecule has 5 heteroatoms. The number of aryl methyl sites for hydroxylation is 2. The van der Waals surface area contributed by atoms with E-state index in [0.717, 1.165) is 16.1 Å². The summed E-state index contributed by atoms with van der Waals surface area (Å²) in [5.74, 6) is -0.151. The van der Waals surface area contributed by atoms with Crippen molar-refractivity contribution in [2.45, 2.75) is 13.5 Å². The van der Waals surface area contributed by atoms with E-state index >= 15 is 0 Å². The Morgan fingerprint density at radius 3 is 2.82 bits per heavy atom. The van der Waals surface area contributed by atoms with Gasteiger partial charge in [-0.1, -0.05) is 30.3 Å². The highest BCUT2D eigenvalue weighted by atomic mass is 32.1. The molecule has 22 heavy (non-hydrogen) atoms. The molecule has 0 saturated heterocycles. The SMILES string of the molecule is Cc1ccccc1CNC(=O)c1cc(-c2cccs2)n(C)n1. The molecule has 0 atom stereocenters. The van der Waals surface area contributed by atoms with Crippen molar-refractivity contribution in [1.29, 1.82) is 0 Å². The van der Waals surface area contributed by atoms with Crippen LogP contribution in [0.4, 0.5) is 0 Å². The first kappa shape index (κ1) is 14.5. The van der Waals surface area contributed by atoms with Crippen LogP contribution in [-0.2, 0) is 13.6 Å². The summed E-state index contributed by atoms with van der Waals surface area (Å²) in [6, 6.07) is 13.9. The van der Waals surface area contributed by atoms with Crippen molar-refractivity contribution in [1.82, 2.24) is 15.1 Å². The number of carbonyl (C=O) groups excluding carboxylic acids is 1. The number of aromatic nitrogens is 2. The van der Waals surface area contributed by atoms with Gasteiger partial charge in [0.15, 0.2) is 5.69 Å². The van der Waals surface area contributed by atoms with Crippen LogP contribution < -0.4 is 5.32 Å². The number of carbonyl (C=O) groups is 1. The van der Waals surface area contributed by atoms with Gasteiger partial charge in [-0.3, -0.25) is 9.48 Å². The van der Waals surface area contributed by atoms with Gasteiger partial charge in [-0.15, -0.1) is 11.3 Å². The third-order valence-electron chi connectivity index (χ3n) is 3.59. The number of nitrogens with one attached hydrogen (secondary N) is 1. The normalized spacial score (nSPS) is 10.6. The molecule has 1 N–H and O–H groups in total. The number of hydrogen-bond acceptors (Lipinski definition) is 3. The van der Waals surface area contributed by atoms with E-state index in [0.29, 0.717) is 12.2 Å². The van der Waals surface area contributed by atoms with Crippen molar-refractivity contribution in [3.8, 4) is 10.6 Å². The minimum absolute atomic E-state index is 0.151. The minimum atomic E-state index is -0.151. The molecule has 0 aliphatic carbocycles. The average molecular weight is 311 g/mol. The van der Waals surface area contributed by atoms with Crippen molar-refractivity contribution in [2.75, 3.05) is 0 Å². The van der Waals surface area contributed by atoms with Gasteiger partial charge < -0.3 is 5.32 Å². The summed E-state index contributed by atoms with van der Waals surface area (Å²) in [4.78, 5) is 13.4. The Kier molecular flexibility index (Phi) is 4.06. The summed E-state index contributed by atoms with van der Waals surface area (Å²) in [7, 11) is 1.85. The highest BCUT2D eigenvalue weighted by Crippen LogP contribution is 2.24. The molecule has 4 nitrogen and oxygen atoms in total. The molecular formula is C17H17N3OS. The number of nitrogens with zero attached hydrogens (tertiary/aromatic N) is 2. The van der Waals surface area contributed by atoms with Crippen molar-refractivity contribution in [2.24, 2.45) is 7.05 Å². The lowest BCUT2D eigenvalue weighted by atomic mass is 10.1. The van der Waals surface area contributed by atoms with Crippen LogP contribution in [0.5, 0.6) is 0 Å². The molecule has 0 saturated carbocycles. The lowest BCUT2D eigenvalue weighted by Crippen LogP contribution is -2.23. The lowest BCUT2D eigenvalue weighted by molar-refractivity contribution is 0.0945. The summed E-state index contributed by atoms with van der Waals surface area (Å²) in [6.07, 6.45) is 0. The van der Waals surface area contributed by atoms with Gasteiger partial charge in [-0.25, -0.2) is 0 Å². The largest absolute Gasteiger partial charge is 0.347 e. The first-order chi connectivity index (χ1) is 10.6. The Morgan fingerprint density at radius 2 is 2.09 bits per heavy atom. The third-order valence-corrected chi connectivity index (χ3v) is 4.48. The molecule has 0 aliphatic heterocycles. The quantitative estimate of drug-likeness (QED) is 0.803. The zero-order valence-electron chi connectivity index (χ0n) is 12.5. The summed E-state index contributed by atoms with van der Waals surface area (Å²) in [5.41, 5.74) is 3.68. The summed E-state index contributed by atoms with van der Waals surface area (Å²) in [5, 5.41) is 9.26. The van der Waals surface area contributed by atoms with Crippen molar-refractivity contribution in [3.05, 3.63) is 64.7 Å². The van der Waals surface area contributed by atoms with Gasteiger partial charge in [0, 0.05) is 13.6 Å². The van der Waals surface area contributed by atoms with Gasteiger partial charge in [-0.2, -0.15) is 5.10 Å². The zero-order chi connectivity index (χ0) is 15.5. The van der Waals surface area contributed by atoms with Crippen LogP contribution in [0.2, 0.25) is 0 Å². The second-order valence-corrected chi connectivity index (χ2v) is 6.07. The Hall–Kier alpha value is -2.40. The fourth-order valence-corrected chi connectivity index (χ4v) is 3.08. The van der Waals surface area contributed by atoms with Crippen molar-refractivity contribution >= 4 is 17.2 Å². The number of thiophene rings is 1. The molecule has 0 unspecified atom stereocenters. The average Bonchev–Trinajstić information content (AvgIpc) is 3.15. The topological polar surface area (TPSA) is 46.9 Å². The predicted octanol–water partition coefficient (Wildman–Crippen LogP) is 3.39. The van der Waals surface area contributed by atoms with Gasteiger partial charge >= 0.3 is 0 Å². The number of rotatable bonds is 4. The maximum atomic E-state index is 12.3. The Morgan fingerprint density at radius 1 is 1.27 bits per heavy atom. The van der Waals surface area contributed by atoms with E-state index in [9.17, 15) is 4.79 Å². The fourth-order valence-electron chi connectivity index (χ4n) is 2.31. The van der Waals surface area contributed by atoms with Crippen LogP contribution >= 0.6 is 11.3 Å². The minimum Gasteiger partial charge on any atom is -0.347 e. The van der Waals surface area contributed by atoms with Crippen LogP contribution in [0.1, 0.15) is 21.6 Å². The van der Waals surface area contributed by atoms with E-state index in [2.05, 4.69) is 10.4 Å². The molecule has 0 bridgehead atoms. The van der Waals surface area contributed by atoms with Crippen LogP contribution in [0.3, 0.4) is 0 Å². The van der Waals surface area contributed by atoms with E-state index in [1.807, 2.05) is 61.8 Å². The second-order valence-electron chi connectivity index (χ2n) is 5.12. The van der Waals surface area contributed by atoms with Crippen LogP contribution in [-0.4, -0.2) is 15.7 Å². The highest BCUT2D eigenvalue weighted by molar-refractivity contribution is 7.13. The summed E-state index contributed by atoms with van der Waals surface area (Å²) in [6.45, 7) is 2.55. The van der Waals surface area contributed by atoms with Crippen LogP contribution in [0.15, 0.2) is 47.8 Å². The second kappa shape index (κ2) is 6.15. The Bertz CT molecular complexity index is 790. The van der Waals surface area contributed by atoms with E-state index in [-0.39, 0.29) is 5.91 Å². The molecule has 1 amide bonds. The molecular weight excluding hydrogens is 294 g/mol. The van der Waals surface area contributed by atoms with Gasteiger partial charge in [-0.05, 0) is 35.6 Å². The molecule has 0 radical (unpaired) electrons. The molecule has 2 heterocycles. The van der Waals surface area contributed by atoms with E-state index in [4.69, 9.17) is 0 Å². The molecule has 0 aliphatic rings. The molecule has 2 aromatic heterocycles. The summed E-state index contributed by atoms with van der Waals surface area (Å²) < 4.78 is 1.74. The maximum Gasteiger partial charge on any atom is 0.272 e. The molecule has 0 fully saturated rings. The zero-order valence-corrected chi connectivity index (χ0v) is 13.4. The molecule has 3 rings (SSSR count). The third kappa shape index (κ3) is 2.94.